The molecule has 95 heavy (non-hydrogen) atoms. The van der Waals surface area contributed by atoms with Crippen molar-refractivity contribution in [3.05, 3.63) is 0 Å². The maximum absolute atomic E-state index is 13.1. The van der Waals surface area contributed by atoms with Gasteiger partial charge in [-0.05, 0) is 37.5 Å². The lowest BCUT2D eigenvalue weighted by Gasteiger charge is -2.21. The van der Waals surface area contributed by atoms with E-state index in [4.69, 9.17) is 37.0 Å². The summed E-state index contributed by atoms with van der Waals surface area (Å²) in [6, 6.07) is 0. The van der Waals surface area contributed by atoms with E-state index in [-0.39, 0.29) is 25.7 Å². The molecule has 2 unspecified atom stereocenters. The summed E-state index contributed by atoms with van der Waals surface area (Å²) in [6.07, 6.45) is 55.3. The van der Waals surface area contributed by atoms with E-state index < -0.39 is 97.5 Å². The van der Waals surface area contributed by atoms with Gasteiger partial charge in [-0.2, -0.15) is 0 Å². The van der Waals surface area contributed by atoms with Gasteiger partial charge in [-0.15, -0.1) is 0 Å². The Morgan fingerprint density at radius 3 is 0.716 bits per heavy atom. The first-order valence-electron chi connectivity index (χ1n) is 39.5. The number of carbonyl (C=O) groups excluding carboxylic acids is 4. The molecule has 0 heterocycles. The molecule has 0 bridgehead atoms. The quantitative estimate of drug-likeness (QED) is 0.0222. The van der Waals surface area contributed by atoms with Gasteiger partial charge in [0.25, 0.3) is 0 Å². The molecule has 0 aliphatic carbocycles. The fraction of sp³-hybridized carbons (Fsp3) is 0.947. The Labute approximate surface area is 581 Å². The average Bonchev–Trinajstić information content (AvgIpc) is 1.58. The van der Waals surface area contributed by atoms with Crippen molar-refractivity contribution in [3.63, 3.8) is 0 Å². The third-order valence-electron chi connectivity index (χ3n) is 17.7. The van der Waals surface area contributed by atoms with E-state index in [0.717, 1.165) is 102 Å². The van der Waals surface area contributed by atoms with Gasteiger partial charge in [0.05, 0.1) is 26.4 Å². The van der Waals surface area contributed by atoms with Crippen molar-refractivity contribution in [2.24, 2.45) is 11.8 Å². The van der Waals surface area contributed by atoms with E-state index in [1.54, 1.807) is 0 Å². The second kappa shape index (κ2) is 67.9. The first-order chi connectivity index (χ1) is 45.9. The predicted molar refractivity (Wildman–Crippen MR) is 386 cm³/mol. The van der Waals surface area contributed by atoms with Crippen LogP contribution in [0.4, 0.5) is 0 Å². The van der Waals surface area contributed by atoms with Crippen molar-refractivity contribution >= 4 is 39.5 Å². The third-order valence-corrected chi connectivity index (χ3v) is 19.6. The van der Waals surface area contributed by atoms with E-state index in [2.05, 4.69) is 41.5 Å². The Kier molecular flexibility index (Phi) is 66.5. The number of aliphatic hydroxyl groups is 1. The van der Waals surface area contributed by atoms with Crippen LogP contribution in [0.15, 0.2) is 0 Å². The molecule has 3 N–H and O–H groups in total. The first kappa shape index (κ1) is 93.1. The molecule has 0 radical (unpaired) electrons. The minimum Gasteiger partial charge on any atom is -0.462 e. The molecule has 564 valence electrons. The van der Waals surface area contributed by atoms with Crippen LogP contribution in [0.25, 0.3) is 0 Å². The number of phosphoric ester groups is 2. The zero-order valence-corrected chi connectivity index (χ0v) is 63.8. The number of carbonyl (C=O) groups is 4. The van der Waals surface area contributed by atoms with Crippen LogP contribution in [0.3, 0.4) is 0 Å². The van der Waals surface area contributed by atoms with Crippen molar-refractivity contribution in [2.45, 2.75) is 413 Å². The number of hydrogen-bond acceptors (Lipinski definition) is 15. The molecule has 0 aromatic heterocycles. The molecule has 0 saturated heterocycles. The van der Waals surface area contributed by atoms with E-state index >= 15 is 0 Å². The molecule has 0 aromatic rings. The number of hydrogen-bond donors (Lipinski definition) is 3. The van der Waals surface area contributed by atoms with E-state index in [0.29, 0.717) is 25.7 Å². The summed E-state index contributed by atoms with van der Waals surface area (Å²) in [5.41, 5.74) is 0. The lowest BCUT2D eigenvalue weighted by atomic mass is 10.0. The standard InChI is InChI=1S/C76H148O17P2/c1-7-9-11-13-15-17-19-29-36-42-48-54-60-75(80)92-71(64-86-73(78)58-52-46-40-34-26-18-16-14-12-10-8-2)66-90-94(82,83)88-62-70(77)63-89-95(84,85)91-67-72(93-76(81)61-55-49-43-37-31-25-21-23-28-33-39-45-51-57-69(5)6)65-87-74(79)59-53-47-41-35-30-24-20-22-27-32-38-44-50-56-68(3)4/h68-72,77H,7-67H2,1-6H3,(H,82,83)(H,84,85)/t70-,71+,72+/m0/s1. The highest BCUT2D eigenvalue weighted by Crippen LogP contribution is 2.45. The van der Waals surface area contributed by atoms with Crippen LogP contribution in [0.5, 0.6) is 0 Å². The number of rotatable bonds is 75. The highest BCUT2D eigenvalue weighted by molar-refractivity contribution is 7.47. The Morgan fingerprint density at radius 1 is 0.284 bits per heavy atom. The number of ether oxygens (including phenoxy) is 4. The van der Waals surface area contributed by atoms with Crippen molar-refractivity contribution in [1.29, 1.82) is 0 Å². The second-order valence-corrected chi connectivity index (χ2v) is 31.3. The van der Waals surface area contributed by atoms with Gasteiger partial charge in [-0.1, -0.05) is 343 Å². The number of phosphoric acid groups is 2. The van der Waals surface area contributed by atoms with Gasteiger partial charge in [-0.25, -0.2) is 9.13 Å². The third kappa shape index (κ3) is 70.3. The predicted octanol–water partition coefficient (Wildman–Crippen LogP) is 22.3. The highest BCUT2D eigenvalue weighted by atomic mass is 31.2. The van der Waals surface area contributed by atoms with Gasteiger partial charge in [0.15, 0.2) is 12.2 Å². The van der Waals surface area contributed by atoms with E-state index in [1.165, 1.54) is 212 Å². The molecule has 17 nitrogen and oxygen atoms in total. The molecule has 0 aromatic carbocycles. The molecule has 0 spiro atoms. The van der Waals surface area contributed by atoms with Crippen molar-refractivity contribution in [1.82, 2.24) is 0 Å². The van der Waals surface area contributed by atoms with Crippen LogP contribution < -0.4 is 0 Å². The van der Waals surface area contributed by atoms with Crippen LogP contribution in [0.1, 0.15) is 395 Å². The molecule has 0 amide bonds. The average molecular weight is 1400 g/mol. The fourth-order valence-corrected chi connectivity index (χ4v) is 13.2. The number of unbranched alkanes of at least 4 members (excludes halogenated alkanes) is 45. The largest absolute Gasteiger partial charge is 0.472 e. The normalized spacial score (nSPS) is 14.0. The summed E-state index contributed by atoms with van der Waals surface area (Å²) in [4.78, 5) is 72.8. The minimum atomic E-state index is -4.96. The molecule has 0 aliphatic heterocycles. The second-order valence-electron chi connectivity index (χ2n) is 28.3. The van der Waals surface area contributed by atoms with Crippen molar-refractivity contribution in [3.8, 4) is 0 Å². The maximum atomic E-state index is 13.1. The van der Waals surface area contributed by atoms with Crippen LogP contribution in [0, 0.1) is 11.8 Å². The number of esters is 4. The smallest absolute Gasteiger partial charge is 0.462 e. The molecule has 0 rings (SSSR count). The zero-order chi connectivity index (χ0) is 70.0. The lowest BCUT2D eigenvalue weighted by Crippen LogP contribution is -2.30. The topological polar surface area (TPSA) is 237 Å². The maximum Gasteiger partial charge on any atom is 0.472 e. The highest BCUT2D eigenvalue weighted by Gasteiger charge is 2.30. The van der Waals surface area contributed by atoms with Gasteiger partial charge >= 0.3 is 39.5 Å². The summed E-state index contributed by atoms with van der Waals surface area (Å²) >= 11 is 0. The molecule has 0 saturated carbocycles. The molecule has 5 atom stereocenters. The lowest BCUT2D eigenvalue weighted by molar-refractivity contribution is -0.161. The number of aliphatic hydroxyl groups excluding tert-OH is 1. The van der Waals surface area contributed by atoms with Gasteiger partial charge in [0, 0.05) is 25.7 Å². The van der Waals surface area contributed by atoms with Gasteiger partial charge in [0.2, 0.25) is 0 Å². The van der Waals surface area contributed by atoms with Crippen LogP contribution in [-0.4, -0.2) is 96.7 Å². The summed E-state index contributed by atoms with van der Waals surface area (Å²) in [6.45, 7) is 9.63. The summed E-state index contributed by atoms with van der Waals surface area (Å²) in [5, 5.41) is 10.6. The van der Waals surface area contributed by atoms with Crippen molar-refractivity contribution in [2.75, 3.05) is 39.6 Å². The Hall–Kier alpha value is -1.94. The van der Waals surface area contributed by atoms with Gasteiger partial charge < -0.3 is 33.8 Å². The van der Waals surface area contributed by atoms with Crippen LogP contribution in [0.2, 0.25) is 0 Å². The van der Waals surface area contributed by atoms with Gasteiger partial charge in [0.1, 0.15) is 19.3 Å². The molecular weight excluding hydrogens is 1250 g/mol. The molecule has 0 fully saturated rings. The van der Waals surface area contributed by atoms with Gasteiger partial charge in [-0.3, -0.25) is 37.3 Å². The fourth-order valence-electron chi connectivity index (χ4n) is 11.7. The molecular formula is C76H148O17P2. The van der Waals surface area contributed by atoms with E-state index in [1.807, 2.05) is 0 Å². The van der Waals surface area contributed by atoms with E-state index in [9.17, 15) is 43.2 Å². The first-order valence-corrected chi connectivity index (χ1v) is 42.5. The zero-order valence-electron chi connectivity index (χ0n) is 62.0. The summed E-state index contributed by atoms with van der Waals surface area (Å²) < 4.78 is 68.5. The van der Waals surface area contributed by atoms with Crippen LogP contribution >= 0.6 is 15.6 Å². The monoisotopic (exact) mass is 1400 g/mol. The molecule has 0 aliphatic rings. The minimum absolute atomic E-state index is 0.108. The summed E-state index contributed by atoms with van der Waals surface area (Å²) in [7, 11) is -9.91. The SMILES string of the molecule is CCCCCCCCCCCCCCC(=O)O[C@H](COC(=O)CCCCCCCCCCCCC)COP(=O)(O)OC[C@H](O)COP(=O)(O)OC[C@@H](COC(=O)CCCCCCCCCCCCCCCC(C)C)OC(=O)CCCCCCCCCCCCCCCC(C)C. The Morgan fingerprint density at radius 2 is 0.484 bits per heavy atom. The van der Waals surface area contributed by atoms with Crippen LogP contribution in [-0.2, 0) is 65.4 Å². The summed E-state index contributed by atoms with van der Waals surface area (Å²) in [5.74, 6) is -0.535. The Bertz CT molecular complexity index is 1840. The van der Waals surface area contributed by atoms with Crippen molar-refractivity contribution < 1.29 is 80.2 Å². The molecule has 19 heteroatoms. The Balaban J connectivity index is 5.25.